The molecule has 31 heavy (non-hydrogen) atoms. The van der Waals surface area contributed by atoms with Crippen LogP contribution in [-0.4, -0.2) is 29.3 Å². The van der Waals surface area contributed by atoms with Crippen molar-refractivity contribution in [2.45, 2.75) is 53.0 Å². The minimum absolute atomic E-state index is 0.0446. The minimum atomic E-state index is -0.144. The zero-order valence-corrected chi connectivity index (χ0v) is 19.9. The van der Waals surface area contributed by atoms with Gasteiger partial charge in [0.25, 0.3) is 5.91 Å². The number of hydrogen-bond acceptors (Lipinski definition) is 2. The van der Waals surface area contributed by atoms with Crippen molar-refractivity contribution in [2.75, 3.05) is 11.9 Å². The fourth-order valence-electron chi connectivity index (χ4n) is 5.76. The molecule has 1 aliphatic carbocycles. The molecule has 2 atom stereocenters. The molecule has 6 heteroatoms. The van der Waals surface area contributed by atoms with Crippen LogP contribution in [0.25, 0.3) is 11.1 Å². The first-order valence-corrected chi connectivity index (χ1v) is 11.4. The molecule has 2 aromatic rings. The minimum Gasteiger partial charge on any atom is -0.335 e. The number of fused-ring (bicyclic) bond motifs is 2. The molecule has 2 aromatic carbocycles. The van der Waals surface area contributed by atoms with Crippen LogP contribution in [0.4, 0.5) is 5.69 Å². The van der Waals surface area contributed by atoms with E-state index < -0.39 is 0 Å². The lowest BCUT2D eigenvalue weighted by molar-refractivity contribution is -0.114. The van der Waals surface area contributed by atoms with Gasteiger partial charge in [0, 0.05) is 30.8 Å². The van der Waals surface area contributed by atoms with Crippen LogP contribution in [0.3, 0.4) is 0 Å². The third-order valence-electron chi connectivity index (χ3n) is 6.48. The number of rotatable bonds is 3. The number of benzene rings is 2. The highest BCUT2D eigenvalue weighted by Crippen LogP contribution is 2.53. The molecule has 0 unspecified atom stereocenters. The number of carbonyl (C=O) groups is 2. The average Bonchev–Trinajstić information content (AvgIpc) is 2.91. The van der Waals surface area contributed by atoms with Gasteiger partial charge in [0.05, 0.1) is 15.6 Å². The summed E-state index contributed by atoms with van der Waals surface area (Å²) in [5.74, 6) is -0.188. The van der Waals surface area contributed by atoms with E-state index in [1.54, 1.807) is 6.07 Å². The van der Waals surface area contributed by atoms with E-state index in [4.69, 9.17) is 23.2 Å². The van der Waals surface area contributed by atoms with Crippen LogP contribution in [0.2, 0.25) is 10.0 Å². The van der Waals surface area contributed by atoms with Gasteiger partial charge in [0.15, 0.2) is 0 Å². The number of halogens is 2. The van der Waals surface area contributed by atoms with E-state index in [2.05, 4.69) is 26.1 Å². The molecule has 2 bridgehead atoms. The molecule has 1 aliphatic heterocycles. The molecule has 2 amide bonds. The Kier molecular flexibility index (Phi) is 5.60. The van der Waals surface area contributed by atoms with E-state index >= 15 is 0 Å². The van der Waals surface area contributed by atoms with E-state index in [0.717, 1.165) is 36.9 Å². The summed E-state index contributed by atoms with van der Waals surface area (Å²) in [7, 11) is 0. The Labute approximate surface area is 193 Å². The third-order valence-corrected chi connectivity index (χ3v) is 7.36. The second-order valence-electron chi connectivity index (χ2n) is 10.2. The first-order valence-electron chi connectivity index (χ1n) is 10.7. The number of likely N-dealkylation sites (tertiary alicyclic amines) is 1. The van der Waals surface area contributed by atoms with E-state index in [1.807, 2.05) is 35.2 Å². The van der Waals surface area contributed by atoms with Crippen LogP contribution in [0.1, 0.15) is 57.3 Å². The number of amides is 2. The van der Waals surface area contributed by atoms with Crippen molar-refractivity contribution in [2.24, 2.45) is 10.8 Å². The Morgan fingerprint density at radius 1 is 1.06 bits per heavy atom. The Bertz CT molecular complexity index is 1070. The van der Waals surface area contributed by atoms with Crippen LogP contribution < -0.4 is 5.32 Å². The summed E-state index contributed by atoms with van der Waals surface area (Å²) in [6.45, 7) is 9.09. The monoisotopic (exact) mass is 458 g/mol. The first-order chi connectivity index (χ1) is 14.5. The lowest BCUT2D eigenvalue weighted by Gasteiger charge is -2.39. The number of hydrogen-bond donors (Lipinski definition) is 1. The Morgan fingerprint density at radius 2 is 1.81 bits per heavy atom. The fraction of sp³-hybridized carbons (Fsp3) is 0.440. The molecular formula is C25H28Cl2N2O2. The quantitative estimate of drug-likeness (QED) is 0.558. The van der Waals surface area contributed by atoms with Gasteiger partial charge in [0.1, 0.15) is 0 Å². The van der Waals surface area contributed by atoms with Gasteiger partial charge in [-0.2, -0.15) is 0 Å². The van der Waals surface area contributed by atoms with Crippen LogP contribution in [0.15, 0.2) is 36.4 Å². The lowest BCUT2D eigenvalue weighted by atomic mass is 9.65. The van der Waals surface area contributed by atoms with Crippen molar-refractivity contribution in [3.63, 3.8) is 0 Å². The van der Waals surface area contributed by atoms with Crippen molar-refractivity contribution in [1.29, 1.82) is 0 Å². The summed E-state index contributed by atoms with van der Waals surface area (Å²) < 4.78 is 0. The number of anilines is 1. The van der Waals surface area contributed by atoms with Gasteiger partial charge >= 0.3 is 0 Å². The maximum Gasteiger partial charge on any atom is 0.255 e. The fourth-order valence-corrected chi connectivity index (χ4v) is 6.28. The molecule has 4 nitrogen and oxygen atoms in total. The van der Waals surface area contributed by atoms with Gasteiger partial charge in [0.2, 0.25) is 5.91 Å². The Morgan fingerprint density at radius 3 is 2.52 bits per heavy atom. The summed E-state index contributed by atoms with van der Waals surface area (Å²) in [5, 5.41) is 3.40. The van der Waals surface area contributed by atoms with Crippen LogP contribution in [-0.2, 0) is 4.79 Å². The summed E-state index contributed by atoms with van der Waals surface area (Å²) >= 11 is 13.3. The third kappa shape index (κ3) is 4.33. The summed E-state index contributed by atoms with van der Waals surface area (Å²) in [6.07, 6.45) is 3.17. The van der Waals surface area contributed by atoms with Crippen LogP contribution >= 0.6 is 23.2 Å². The molecule has 0 aromatic heterocycles. The molecule has 1 N–H and O–H groups in total. The topological polar surface area (TPSA) is 49.4 Å². The second kappa shape index (κ2) is 7.83. The molecule has 2 aliphatic rings. The summed E-state index contributed by atoms with van der Waals surface area (Å²) in [6, 6.07) is 11.2. The van der Waals surface area contributed by atoms with Gasteiger partial charge in [-0.1, -0.05) is 62.2 Å². The van der Waals surface area contributed by atoms with Crippen molar-refractivity contribution in [3.8, 4) is 11.1 Å². The molecule has 1 saturated heterocycles. The van der Waals surface area contributed by atoms with Gasteiger partial charge in [-0.05, 0) is 53.9 Å². The summed E-state index contributed by atoms with van der Waals surface area (Å²) in [4.78, 5) is 26.8. The van der Waals surface area contributed by atoms with Crippen molar-refractivity contribution < 1.29 is 9.59 Å². The smallest absolute Gasteiger partial charge is 0.255 e. The van der Waals surface area contributed by atoms with Gasteiger partial charge in [-0.3, -0.25) is 9.59 Å². The molecule has 4 rings (SSSR count). The van der Waals surface area contributed by atoms with Gasteiger partial charge in [-0.15, -0.1) is 0 Å². The summed E-state index contributed by atoms with van der Waals surface area (Å²) in [5.41, 5.74) is 3.06. The molecule has 0 spiro atoms. The molecule has 1 saturated carbocycles. The van der Waals surface area contributed by atoms with Gasteiger partial charge < -0.3 is 10.2 Å². The maximum absolute atomic E-state index is 13.5. The van der Waals surface area contributed by atoms with Gasteiger partial charge in [-0.25, -0.2) is 0 Å². The van der Waals surface area contributed by atoms with Crippen molar-refractivity contribution >= 4 is 40.7 Å². The largest absolute Gasteiger partial charge is 0.335 e. The Balaban J connectivity index is 1.64. The zero-order valence-electron chi connectivity index (χ0n) is 18.4. The molecule has 2 fully saturated rings. The second-order valence-corrected chi connectivity index (χ2v) is 11.0. The predicted octanol–water partition coefficient (Wildman–Crippen LogP) is 6.66. The first kappa shape index (κ1) is 22.2. The van der Waals surface area contributed by atoms with E-state index in [9.17, 15) is 9.59 Å². The molecule has 164 valence electrons. The highest BCUT2D eigenvalue weighted by molar-refractivity contribution is 6.45. The number of carbonyl (C=O) groups excluding carboxylic acids is 2. The van der Waals surface area contributed by atoms with Crippen molar-refractivity contribution in [1.82, 2.24) is 4.90 Å². The number of nitrogens with zero attached hydrogens (tertiary/aromatic N) is 1. The van der Waals surface area contributed by atoms with E-state index in [0.29, 0.717) is 16.3 Å². The van der Waals surface area contributed by atoms with Crippen molar-refractivity contribution in [3.05, 3.63) is 52.0 Å². The standard InChI is InChI=1S/C25H28Cl2N2O2/c1-15(30)28-17-7-5-6-16(10-17)19-8-9-20(22(27)21(19)26)23(31)29-14-25(4)12-18(29)11-24(2,3)13-25/h5-10,18H,11-14H2,1-4H3,(H,28,30)/t18-,25-/m1/s1. The zero-order chi connectivity index (χ0) is 22.6. The maximum atomic E-state index is 13.5. The lowest BCUT2D eigenvalue weighted by Crippen LogP contribution is -2.37. The van der Waals surface area contributed by atoms with Crippen LogP contribution in [0, 0.1) is 10.8 Å². The van der Waals surface area contributed by atoms with E-state index in [-0.39, 0.29) is 33.7 Å². The number of nitrogens with one attached hydrogen (secondary N) is 1. The van der Waals surface area contributed by atoms with Crippen LogP contribution in [0.5, 0.6) is 0 Å². The average molecular weight is 459 g/mol. The van der Waals surface area contributed by atoms with E-state index in [1.165, 1.54) is 6.92 Å². The highest BCUT2D eigenvalue weighted by atomic mass is 35.5. The SMILES string of the molecule is CC(=O)Nc1cccc(-c2ccc(C(=O)N3C[C@]4(C)C[C@H]3CC(C)(C)C4)c(Cl)c2Cl)c1. The Hall–Kier alpha value is -2.04. The molecular weight excluding hydrogens is 431 g/mol. The highest BCUT2D eigenvalue weighted by Gasteiger charge is 2.51. The predicted molar refractivity (Wildman–Crippen MR) is 127 cm³/mol. The molecule has 0 radical (unpaired) electrons. The normalized spacial score (nSPS) is 24.2. The molecule has 1 heterocycles.